The van der Waals surface area contributed by atoms with Gasteiger partial charge in [-0.15, -0.1) is 0 Å². The zero-order valence-corrected chi connectivity index (χ0v) is 5.77. The van der Waals surface area contributed by atoms with Crippen molar-refractivity contribution in [3.8, 4) is 0 Å². The maximum absolute atomic E-state index is 9.00. The molecule has 0 aromatic rings. The molecule has 0 saturated heterocycles. The van der Waals surface area contributed by atoms with Crippen LogP contribution in [0.25, 0.3) is 0 Å². The van der Waals surface area contributed by atoms with Crippen LogP contribution in [0.4, 0.5) is 0 Å². The van der Waals surface area contributed by atoms with Crippen LogP contribution in [0.2, 0.25) is 0 Å². The van der Waals surface area contributed by atoms with Gasteiger partial charge in [0.2, 0.25) is 0 Å². The van der Waals surface area contributed by atoms with Gasteiger partial charge in [-0.3, -0.25) is 0 Å². The highest BCUT2D eigenvalue weighted by Gasteiger charge is 2.09. The predicted octanol–water partition coefficient (Wildman–Crippen LogP) is 0.472. The minimum atomic E-state index is -0.572. The summed E-state index contributed by atoms with van der Waals surface area (Å²) in [5.41, 5.74) is 0. The van der Waals surface area contributed by atoms with E-state index in [-0.39, 0.29) is 6.61 Å². The second-order valence-electron chi connectivity index (χ2n) is 2.51. The molecule has 0 saturated carbocycles. The summed E-state index contributed by atoms with van der Waals surface area (Å²) in [5.74, 6) is 0.321. The molecular formula is C8H12O2. The highest BCUT2D eigenvalue weighted by Crippen LogP contribution is 2.14. The molecule has 1 atom stereocenters. The van der Waals surface area contributed by atoms with E-state index in [9.17, 15) is 0 Å². The Labute approximate surface area is 60.5 Å². The number of allylic oxidation sites excluding steroid dienone is 4. The zero-order valence-electron chi connectivity index (χ0n) is 5.77. The lowest BCUT2D eigenvalue weighted by atomic mass is 10.0. The molecule has 0 aliphatic heterocycles. The second-order valence-corrected chi connectivity index (χ2v) is 2.51. The van der Waals surface area contributed by atoms with Crippen molar-refractivity contribution in [1.29, 1.82) is 0 Å². The molecule has 2 N–H and O–H groups in total. The standard InChI is InChI=1S/C8H12O2/c9-6-8(10)5-7-3-1-2-4-7/h1-4,7-10H,5-6H2/t8-/m1/s1. The van der Waals surface area contributed by atoms with Crippen molar-refractivity contribution >= 4 is 0 Å². The highest BCUT2D eigenvalue weighted by atomic mass is 16.3. The molecule has 2 heteroatoms. The summed E-state index contributed by atoms with van der Waals surface area (Å²) >= 11 is 0. The van der Waals surface area contributed by atoms with Crippen molar-refractivity contribution in [2.24, 2.45) is 5.92 Å². The molecule has 0 spiro atoms. The second kappa shape index (κ2) is 3.54. The van der Waals surface area contributed by atoms with Gasteiger partial charge in [-0.1, -0.05) is 24.3 Å². The van der Waals surface area contributed by atoms with Crippen LogP contribution in [0.3, 0.4) is 0 Å². The van der Waals surface area contributed by atoms with Gasteiger partial charge in [-0.05, 0) is 12.3 Å². The van der Waals surface area contributed by atoms with Crippen molar-refractivity contribution in [2.75, 3.05) is 6.61 Å². The molecule has 1 rings (SSSR count). The van der Waals surface area contributed by atoms with Crippen molar-refractivity contribution in [1.82, 2.24) is 0 Å². The van der Waals surface area contributed by atoms with Crippen molar-refractivity contribution < 1.29 is 10.2 Å². The SMILES string of the molecule is OC[C@H](O)CC1C=CC=C1. The van der Waals surface area contributed by atoms with Crippen LogP contribution >= 0.6 is 0 Å². The predicted molar refractivity (Wildman–Crippen MR) is 39.5 cm³/mol. The molecule has 1 aliphatic rings. The van der Waals surface area contributed by atoms with Crippen LogP contribution in [0.1, 0.15) is 6.42 Å². The van der Waals surface area contributed by atoms with Crippen molar-refractivity contribution in [2.45, 2.75) is 12.5 Å². The average Bonchev–Trinajstić information content (AvgIpc) is 2.40. The van der Waals surface area contributed by atoms with Crippen LogP contribution in [-0.4, -0.2) is 22.9 Å². The van der Waals surface area contributed by atoms with Gasteiger partial charge in [0.1, 0.15) is 0 Å². The molecule has 0 unspecified atom stereocenters. The molecule has 2 nitrogen and oxygen atoms in total. The third kappa shape index (κ3) is 1.97. The van der Waals surface area contributed by atoms with Gasteiger partial charge < -0.3 is 10.2 Å². The molecule has 0 radical (unpaired) electrons. The lowest BCUT2D eigenvalue weighted by Crippen LogP contribution is -2.14. The van der Waals surface area contributed by atoms with E-state index in [1.165, 1.54) is 0 Å². The normalized spacial score (nSPS) is 20.2. The fraction of sp³-hybridized carbons (Fsp3) is 0.500. The molecule has 0 amide bonds. The minimum absolute atomic E-state index is 0.141. The maximum Gasteiger partial charge on any atom is 0.0779 e. The van der Waals surface area contributed by atoms with E-state index in [0.29, 0.717) is 12.3 Å². The molecule has 10 heavy (non-hydrogen) atoms. The lowest BCUT2D eigenvalue weighted by Gasteiger charge is -2.08. The van der Waals surface area contributed by atoms with Crippen LogP contribution in [-0.2, 0) is 0 Å². The number of aliphatic hydroxyl groups excluding tert-OH is 2. The van der Waals surface area contributed by atoms with Crippen LogP contribution in [0.5, 0.6) is 0 Å². The topological polar surface area (TPSA) is 40.5 Å². The Morgan fingerprint density at radius 1 is 1.30 bits per heavy atom. The first-order valence-electron chi connectivity index (χ1n) is 3.47. The Hall–Kier alpha value is -0.600. The van der Waals surface area contributed by atoms with Crippen LogP contribution in [0, 0.1) is 5.92 Å². The van der Waals surface area contributed by atoms with Gasteiger partial charge in [0.15, 0.2) is 0 Å². The Morgan fingerprint density at radius 2 is 1.90 bits per heavy atom. The molecule has 1 aliphatic carbocycles. The molecule has 0 aromatic carbocycles. The first kappa shape index (κ1) is 7.51. The summed E-state index contributed by atoms with van der Waals surface area (Å²) in [6.07, 6.45) is 7.99. The van der Waals surface area contributed by atoms with Crippen molar-refractivity contribution in [3.05, 3.63) is 24.3 Å². The fourth-order valence-electron chi connectivity index (χ4n) is 1.02. The number of hydrogen-bond acceptors (Lipinski definition) is 2. The van der Waals surface area contributed by atoms with E-state index in [1.807, 2.05) is 24.3 Å². The van der Waals surface area contributed by atoms with E-state index < -0.39 is 6.10 Å². The first-order valence-corrected chi connectivity index (χ1v) is 3.47. The Kier molecular flexibility index (Phi) is 2.66. The summed E-state index contributed by atoms with van der Waals surface area (Å²) in [4.78, 5) is 0. The third-order valence-electron chi connectivity index (χ3n) is 1.58. The summed E-state index contributed by atoms with van der Waals surface area (Å²) in [7, 11) is 0. The summed E-state index contributed by atoms with van der Waals surface area (Å²) in [5, 5.41) is 17.5. The van der Waals surface area contributed by atoms with Crippen LogP contribution < -0.4 is 0 Å². The van der Waals surface area contributed by atoms with Gasteiger partial charge in [-0.2, -0.15) is 0 Å². The summed E-state index contributed by atoms with van der Waals surface area (Å²) < 4.78 is 0. The quantitative estimate of drug-likeness (QED) is 0.598. The molecule has 0 bridgehead atoms. The molecule has 0 aromatic heterocycles. The maximum atomic E-state index is 9.00. The van der Waals surface area contributed by atoms with Gasteiger partial charge >= 0.3 is 0 Å². The third-order valence-corrected chi connectivity index (χ3v) is 1.58. The van der Waals surface area contributed by atoms with Gasteiger partial charge in [0.25, 0.3) is 0 Å². The minimum Gasteiger partial charge on any atom is -0.394 e. The molecular weight excluding hydrogens is 128 g/mol. The first-order chi connectivity index (χ1) is 4.83. The summed E-state index contributed by atoms with van der Waals surface area (Å²) in [6, 6.07) is 0. The Morgan fingerprint density at radius 3 is 2.40 bits per heavy atom. The van der Waals surface area contributed by atoms with Gasteiger partial charge in [-0.25, -0.2) is 0 Å². The van der Waals surface area contributed by atoms with E-state index in [4.69, 9.17) is 10.2 Å². The summed E-state index contributed by atoms with van der Waals surface area (Å²) in [6.45, 7) is -0.141. The lowest BCUT2D eigenvalue weighted by molar-refractivity contribution is 0.0834. The molecule has 0 fully saturated rings. The van der Waals surface area contributed by atoms with E-state index in [2.05, 4.69) is 0 Å². The highest BCUT2D eigenvalue weighted by molar-refractivity contribution is 5.17. The van der Waals surface area contributed by atoms with Crippen molar-refractivity contribution in [3.63, 3.8) is 0 Å². The monoisotopic (exact) mass is 140 g/mol. The fourth-order valence-corrected chi connectivity index (χ4v) is 1.02. The average molecular weight is 140 g/mol. The zero-order chi connectivity index (χ0) is 7.40. The van der Waals surface area contributed by atoms with E-state index in [1.54, 1.807) is 0 Å². The van der Waals surface area contributed by atoms with Gasteiger partial charge in [0, 0.05) is 0 Å². The molecule has 56 valence electrons. The Balaban J connectivity index is 2.25. The number of rotatable bonds is 3. The Bertz CT molecular complexity index is 137. The number of hydrogen-bond donors (Lipinski definition) is 2. The largest absolute Gasteiger partial charge is 0.394 e. The van der Waals surface area contributed by atoms with E-state index in [0.717, 1.165) is 0 Å². The molecule has 0 heterocycles. The number of aliphatic hydroxyl groups is 2. The smallest absolute Gasteiger partial charge is 0.0779 e. The van der Waals surface area contributed by atoms with E-state index >= 15 is 0 Å². The van der Waals surface area contributed by atoms with Gasteiger partial charge in [0.05, 0.1) is 12.7 Å². The van der Waals surface area contributed by atoms with Crippen LogP contribution in [0.15, 0.2) is 24.3 Å².